The van der Waals surface area contributed by atoms with Gasteiger partial charge in [0.15, 0.2) is 0 Å². The minimum absolute atomic E-state index is 0.110. The fraction of sp³-hybridized carbons (Fsp3) is 0.350. The van der Waals surface area contributed by atoms with Crippen molar-refractivity contribution < 1.29 is 22.3 Å². The van der Waals surface area contributed by atoms with Crippen LogP contribution >= 0.6 is 0 Å². The molecule has 152 valence electrons. The lowest BCUT2D eigenvalue weighted by Gasteiger charge is -2.28. The molecule has 0 fully saturated rings. The van der Waals surface area contributed by atoms with Gasteiger partial charge in [-0.2, -0.15) is 0 Å². The van der Waals surface area contributed by atoms with Crippen molar-refractivity contribution in [2.24, 2.45) is 0 Å². The van der Waals surface area contributed by atoms with Gasteiger partial charge < -0.3 is 10.1 Å². The molecule has 0 saturated heterocycles. The highest BCUT2D eigenvalue weighted by Crippen LogP contribution is 2.22. The summed E-state index contributed by atoms with van der Waals surface area (Å²) in [6, 6.07) is 11.8. The molecule has 0 unspecified atom stereocenters. The lowest BCUT2D eigenvalue weighted by Crippen LogP contribution is -2.48. The molecule has 0 saturated carbocycles. The number of ether oxygens (including phenoxy) is 1. The molecule has 0 spiro atoms. The molecule has 8 heteroatoms. The minimum Gasteiger partial charge on any atom is -0.496 e. The van der Waals surface area contributed by atoms with Crippen molar-refractivity contribution in [1.29, 1.82) is 0 Å². The first-order valence-corrected chi connectivity index (χ1v) is 10.7. The van der Waals surface area contributed by atoms with Gasteiger partial charge in [0.1, 0.15) is 17.6 Å². The number of benzene rings is 2. The average Bonchev–Trinajstić information content (AvgIpc) is 2.64. The molecule has 28 heavy (non-hydrogen) atoms. The first-order chi connectivity index (χ1) is 13.2. The fourth-order valence-corrected chi connectivity index (χ4v) is 4.14. The molecule has 0 aliphatic heterocycles. The van der Waals surface area contributed by atoms with Crippen molar-refractivity contribution >= 4 is 21.6 Å². The summed E-state index contributed by atoms with van der Waals surface area (Å²) in [5, 5.41) is 2.75. The largest absolute Gasteiger partial charge is 0.496 e. The predicted molar refractivity (Wildman–Crippen MR) is 108 cm³/mol. The lowest BCUT2D eigenvalue weighted by atomic mass is 10.1. The summed E-state index contributed by atoms with van der Waals surface area (Å²) in [6.07, 6.45) is 2.36. The van der Waals surface area contributed by atoms with Crippen LogP contribution in [0.25, 0.3) is 0 Å². The molecule has 1 N–H and O–H groups in total. The third-order valence-electron chi connectivity index (χ3n) is 4.27. The van der Waals surface area contributed by atoms with Gasteiger partial charge in [-0.3, -0.25) is 9.10 Å². The van der Waals surface area contributed by atoms with Crippen LogP contribution in [0.4, 0.5) is 10.1 Å². The molecule has 0 aromatic heterocycles. The molecule has 0 bridgehead atoms. The molecule has 0 aliphatic rings. The Morgan fingerprint density at radius 3 is 2.57 bits per heavy atom. The molecular weight excluding hydrogens is 383 g/mol. The van der Waals surface area contributed by atoms with Crippen molar-refractivity contribution in [3.8, 4) is 5.75 Å². The van der Waals surface area contributed by atoms with E-state index in [2.05, 4.69) is 5.32 Å². The zero-order chi connectivity index (χ0) is 20.7. The van der Waals surface area contributed by atoms with E-state index in [1.54, 1.807) is 7.11 Å². The van der Waals surface area contributed by atoms with E-state index < -0.39 is 27.8 Å². The number of amides is 1. The standard InChI is InChI=1S/C20H25FN2O4S/c1-15(23(28(3,25)26)18-11-6-10-17(21)14-18)20(24)22-13-7-9-16-8-4-5-12-19(16)27-2/h4-6,8,10-12,14-15H,7,9,13H2,1-3H3,(H,22,24)/t15-/m0/s1. The van der Waals surface area contributed by atoms with Crippen LogP contribution in [0.3, 0.4) is 0 Å². The van der Waals surface area contributed by atoms with Crippen LogP contribution in [0.5, 0.6) is 5.75 Å². The number of carbonyl (C=O) groups excluding carboxylic acids is 1. The number of halogens is 1. The van der Waals surface area contributed by atoms with Crippen molar-refractivity contribution in [3.63, 3.8) is 0 Å². The van der Waals surface area contributed by atoms with E-state index in [-0.39, 0.29) is 5.69 Å². The van der Waals surface area contributed by atoms with Crippen molar-refractivity contribution in [3.05, 3.63) is 59.9 Å². The van der Waals surface area contributed by atoms with Crippen molar-refractivity contribution in [1.82, 2.24) is 5.32 Å². The third kappa shape index (κ3) is 5.69. The first kappa shape index (κ1) is 21.7. The summed E-state index contributed by atoms with van der Waals surface area (Å²) in [6.45, 7) is 1.85. The number of rotatable bonds is 9. The second-order valence-corrected chi connectivity index (χ2v) is 8.28. The van der Waals surface area contributed by atoms with Gasteiger partial charge in [-0.05, 0) is 49.6 Å². The van der Waals surface area contributed by atoms with Gasteiger partial charge in [0.2, 0.25) is 15.9 Å². The highest BCUT2D eigenvalue weighted by Gasteiger charge is 2.29. The molecule has 2 aromatic rings. The fourth-order valence-electron chi connectivity index (χ4n) is 2.97. The van der Waals surface area contributed by atoms with E-state index in [0.29, 0.717) is 19.4 Å². The van der Waals surface area contributed by atoms with E-state index in [4.69, 9.17) is 4.74 Å². The molecule has 2 rings (SSSR count). The van der Waals surface area contributed by atoms with Crippen LogP contribution in [-0.2, 0) is 21.2 Å². The number of anilines is 1. The first-order valence-electron chi connectivity index (χ1n) is 8.88. The number of methoxy groups -OCH3 is 1. The molecule has 6 nitrogen and oxygen atoms in total. The Balaban J connectivity index is 1.99. The van der Waals surface area contributed by atoms with E-state index in [0.717, 1.165) is 27.9 Å². The maximum absolute atomic E-state index is 13.5. The molecule has 2 aromatic carbocycles. The Morgan fingerprint density at radius 1 is 1.21 bits per heavy atom. The van der Waals surface area contributed by atoms with Crippen LogP contribution in [-0.4, -0.2) is 40.3 Å². The summed E-state index contributed by atoms with van der Waals surface area (Å²) >= 11 is 0. The summed E-state index contributed by atoms with van der Waals surface area (Å²) in [5.74, 6) is -0.234. The second kappa shape index (κ2) is 9.54. The van der Waals surface area contributed by atoms with Gasteiger partial charge in [0, 0.05) is 6.54 Å². The highest BCUT2D eigenvalue weighted by molar-refractivity contribution is 7.92. The zero-order valence-corrected chi connectivity index (χ0v) is 17.0. The highest BCUT2D eigenvalue weighted by atomic mass is 32.2. The topological polar surface area (TPSA) is 75.7 Å². The minimum atomic E-state index is -3.77. The maximum atomic E-state index is 13.5. The number of hydrogen-bond acceptors (Lipinski definition) is 4. The summed E-state index contributed by atoms with van der Waals surface area (Å²) in [5.41, 5.74) is 1.14. The van der Waals surface area contributed by atoms with Gasteiger partial charge in [-0.15, -0.1) is 0 Å². The molecule has 0 aliphatic carbocycles. The zero-order valence-electron chi connectivity index (χ0n) is 16.2. The monoisotopic (exact) mass is 408 g/mol. The van der Waals surface area contributed by atoms with E-state index >= 15 is 0 Å². The number of hydrogen-bond donors (Lipinski definition) is 1. The van der Waals surface area contributed by atoms with E-state index in [9.17, 15) is 17.6 Å². The maximum Gasteiger partial charge on any atom is 0.243 e. The van der Waals surface area contributed by atoms with E-state index in [1.807, 2.05) is 24.3 Å². The van der Waals surface area contributed by atoms with Gasteiger partial charge in [-0.25, -0.2) is 12.8 Å². The lowest BCUT2D eigenvalue weighted by molar-refractivity contribution is -0.121. The Labute approximate surface area is 165 Å². The second-order valence-electron chi connectivity index (χ2n) is 6.42. The van der Waals surface area contributed by atoms with Crippen LogP contribution in [0.15, 0.2) is 48.5 Å². The predicted octanol–water partition coefficient (Wildman–Crippen LogP) is 2.74. The number of aryl methyl sites for hydroxylation is 1. The summed E-state index contributed by atoms with van der Waals surface area (Å²) in [4.78, 5) is 12.5. The molecule has 0 heterocycles. The average molecular weight is 408 g/mol. The van der Waals surface area contributed by atoms with Crippen LogP contribution in [0.2, 0.25) is 0 Å². The van der Waals surface area contributed by atoms with Gasteiger partial charge in [0.25, 0.3) is 0 Å². The molecular formula is C20H25FN2O4S. The molecule has 1 atom stereocenters. The Kier molecular flexibility index (Phi) is 7.39. The Bertz CT molecular complexity index is 918. The Hall–Kier alpha value is -2.61. The number of nitrogens with zero attached hydrogens (tertiary/aromatic N) is 1. The van der Waals surface area contributed by atoms with Crippen molar-refractivity contribution in [2.45, 2.75) is 25.8 Å². The van der Waals surface area contributed by atoms with Crippen LogP contribution < -0.4 is 14.4 Å². The van der Waals surface area contributed by atoms with Crippen LogP contribution in [0, 0.1) is 5.82 Å². The number of sulfonamides is 1. The van der Waals surface area contributed by atoms with E-state index in [1.165, 1.54) is 25.1 Å². The summed E-state index contributed by atoms with van der Waals surface area (Å²) in [7, 11) is -2.17. The summed E-state index contributed by atoms with van der Waals surface area (Å²) < 4.78 is 44.1. The number of nitrogens with one attached hydrogen (secondary N) is 1. The van der Waals surface area contributed by atoms with Gasteiger partial charge in [0.05, 0.1) is 19.1 Å². The number of carbonyl (C=O) groups is 1. The van der Waals surface area contributed by atoms with Crippen LogP contribution in [0.1, 0.15) is 18.9 Å². The third-order valence-corrected chi connectivity index (χ3v) is 5.51. The quantitative estimate of drug-likeness (QED) is 0.648. The van der Waals surface area contributed by atoms with Gasteiger partial charge >= 0.3 is 0 Å². The number of para-hydroxylation sites is 1. The van der Waals surface area contributed by atoms with Crippen molar-refractivity contribution in [2.75, 3.05) is 24.2 Å². The Morgan fingerprint density at radius 2 is 1.93 bits per heavy atom. The molecule has 1 amide bonds. The van der Waals surface area contributed by atoms with Gasteiger partial charge in [-0.1, -0.05) is 24.3 Å². The molecule has 0 radical (unpaired) electrons. The normalized spacial score (nSPS) is 12.3. The smallest absolute Gasteiger partial charge is 0.243 e. The SMILES string of the molecule is COc1ccccc1CCCNC(=O)[C@H](C)N(c1cccc(F)c1)S(C)(=O)=O.